The van der Waals surface area contributed by atoms with Gasteiger partial charge < -0.3 is 16.8 Å². The molecule has 122 valence electrons. The summed E-state index contributed by atoms with van der Waals surface area (Å²) in [5, 5.41) is 3.34. The second kappa shape index (κ2) is 7.10. The summed E-state index contributed by atoms with van der Waals surface area (Å²) in [4.78, 5) is 10.2. The molecule has 0 saturated carbocycles. The molecule has 0 spiro atoms. The van der Waals surface area contributed by atoms with Gasteiger partial charge in [-0.15, -0.1) is 11.3 Å². The largest absolute Gasteiger partial charge is 0.395 e. The molecule has 0 aliphatic carbocycles. The Kier molecular flexibility index (Phi) is 4.93. The van der Waals surface area contributed by atoms with Crippen LogP contribution >= 0.6 is 11.3 Å². The van der Waals surface area contributed by atoms with E-state index in [9.17, 15) is 0 Å². The number of fused-ring (bicyclic) bond motifs is 1. The van der Waals surface area contributed by atoms with Crippen LogP contribution in [0.3, 0.4) is 0 Å². The zero-order valence-corrected chi connectivity index (χ0v) is 14.2. The summed E-state index contributed by atoms with van der Waals surface area (Å²) in [6.07, 6.45) is 7.36. The van der Waals surface area contributed by atoms with Crippen LogP contribution < -0.4 is 16.8 Å². The topological polar surface area (TPSA) is 89.3 Å². The van der Waals surface area contributed by atoms with Gasteiger partial charge in [0.1, 0.15) is 5.82 Å². The van der Waals surface area contributed by atoms with Gasteiger partial charge in [-0.2, -0.15) is 0 Å². The monoisotopic (exact) mass is 329 g/mol. The lowest BCUT2D eigenvalue weighted by molar-refractivity contribution is 0.739. The van der Waals surface area contributed by atoms with Gasteiger partial charge in [-0.25, -0.2) is 4.98 Å². The van der Waals surface area contributed by atoms with Gasteiger partial charge in [-0.1, -0.05) is 19.4 Å². The number of hydrogen-bond acceptors (Lipinski definition) is 6. The lowest BCUT2D eigenvalue weighted by Crippen LogP contribution is -2.19. The Morgan fingerprint density at radius 2 is 2.30 bits per heavy atom. The maximum absolute atomic E-state index is 6.15. The molecule has 5 nitrogen and oxygen atoms in total. The zero-order chi connectivity index (χ0) is 16.2. The molecule has 0 amide bonds. The number of nitrogens with zero attached hydrogens (tertiary/aromatic N) is 2. The molecular weight excluding hydrogens is 306 g/mol. The second-order valence-electron chi connectivity index (χ2n) is 5.72. The highest BCUT2D eigenvalue weighted by atomic mass is 32.1. The van der Waals surface area contributed by atoms with Gasteiger partial charge in [-0.3, -0.25) is 4.99 Å². The van der Waals surface area contributed by atoms with Crippen molar-refractivity contribution >= 4 is 44.8 Å². The molecule has 0 fully saturated rings. The number of nitrogen functional groups attached to an aromatic ring is 2. The molecule has 2 aromatic rings. The molecular formula is C17H23N5S. The van der Waals surface area contributed by atoms with Crippen LogP contribution in [0.15, 0.2) is 17.1 Å². The van der Waals surface area contributed by atoms with Crippen molar-refractivity contribution in [3.8, 4) is 0 Å². The standard InChI is InChI=1S/C17H23N5S/c1-2-3-6-21-10-12-15(18)17(19)22-13-9-14(23-16(12)13)11-4-7-20-8-5-11/h4,9-10,20H,2-3,5-8,18H2,1H3,(H2,19,22). The summed E-state index contributed by atoms with van der Waals surface area (Å²) in [7, 11) is 0. The SMILES string of the molecule is CCCCN=Cc1c(N)c(N)nc2cc(C3=CCNCC3)sc12. The molecule has 0 aromatic carbocycles. The number of nitrogens with one attached hydrogen (secondary N) is 1. The molecule has 2 aromatic heterocycles. The van der Waals surface area contributed by atoms with E-state index in [4.69, 9.17) is 11.5 Å². The molecule has 6 heteroatoms. The minimum absolute atomic E-state index is 0.387. The van der Waals surface area contributed by atoms with Crippen LogP contribution in [0, 0.1) is 0 Å². The number of thiophene rings is 1. The van der Waals surface area contributed by atoms with E-state index >= 15 is 0 Å². The van der Waals surface area contributed by atoms with Gasteiger partial charge >= 0.3 is 0 Å². The van der Waals surface area contributed by atoms with E-state index in [0.29, 0.717) is 11.5 Å². The second-order valence-corrected chi connectivity index (χ2v) is 6.77. The highest BCUT2D eigenvalue weighted by molar-refractivity contribution is 7.20. The fraction of sp³-hybridized carbons (Fsp3) is 0.412. The van der Waals surface area contributed by atoms with Crippen LogP contribution in [-0.4, -0.2) is 30.8 Å². The molecule has 1 aliphatic heterocycles. The molecule has 1 aliphatic rings. The normalized spacial score (nSPS) is 15.4. The summed E-state index contributed by atoms with van der Waals surface area (Å²) in [5.74, 6) is 0.387. The zero-order valence-electron chi connectivity index (χ0n) is 13.4. The first-order valence-electron chi connectivity index (χ1n) is 8.09. The Bertz CT molecular complexity index is 760. The first-order valence-corrected chi connectivity index (χ1v) is 8.90. The van der Waals surface area contributed by atoms with E-state index in [0.717, 1.165) is 54.7 Å². The molecule has 0 atom stereocenters. The molecule has 23 heavy (non-hydrogen) atoms. The van der Waals surface area contributed by atoms with Gasteiger partial charge in [0.2, 0.25) is 0 Å². The van der Waals surface area contributed by atoms with E-state index in [1.54, 1.807) is 11.3 Å². The van der Waals surface area contributed by atoms with Crippen molar-refractivity contribution < 1.29 is 0 Å². The summed E-state index contributed by atoms with van der Waals surface area (Å²) in [6, 6.07) is 2.12. The summed E-state index contributed by atoms with van der Waals surface area (Å²) in [6.45, 7) is 4.91. The molecule has 0 unspecified atom stereocenters. The molecule has 0 saturated heterocycles. The molecule has 5 N–H and O–H groups in total. The fourth-order valence-corrected chi connectivity index (χ4v) is 3.83. The van der Waals surface area contributed by atoms with Crippen LogP contribution in [0.4, 0.5) is 11.5 Å². The van der Waals surface area contributed by atoms with Crippen LogP contribution in [0.2, 0.25) is 0 Å². The van der Waals surface area contributed by atoms with E-state index in [2.05, 4.69) is 34.4 Å². The number of hydrogen-bond donors (Lipinski definition) is 3. The predicted octanol–water partition coefficient (Wildman–Crippen LogP) is 3.06. The van der Waals surface area contributed by atoms with Crippen LogP contribution in [-0.2, 0) is 0 Å². The summed E-state index contributed by atoms with van der Waals surface area (Å²) >= 11 is 1.73. The Labute approximate surface area is 140 Å². The van der Waals surface area contributed by atoms with E-state index in [1.165, 1.54) is 10.5 Å². The van der Waals surface area contributed by atoms with Crippen molar-refractivity contribution in [1.82, 2.24) is 10.3 Å². The van der Waals surface area contributed by atoms with Crippen molar-refractivity contribution in [2.75, 3.05) is 31.1 Å². The van der Waals surface area contributed by atoms with Gasteiger partial charge in [0.15, 0.2) is 0 Å². The lowest BCUT2D eigenvalue weighted by Gasteiger charge is -2.11. The van der Waals surface area contributed by atoms with Crippen molar-refractivity contribution in [3.63, 3.8) is 0 Å². The molecule has 3 heterocycles. The third kappa shape index (κ3) is 3.38. The quantitative estimate of drug-likeness (QED) is 0.581. The summed E-state index contributed by atoms with van der Waals surface area (Å²) in [5.41, 5.74) is 15.9. The Morgan fingerprint density at radius 3 is 3.04 bits per heavy atom. The minimum Gasteiger partial charge on any atom is -0.395 e. The predicted molar refractivity (Wildman–Crippen MR) is 101 cm³/mol. The Balaban J connectivity index is 2.03. The first kappa shape index (κ1) is 16.0. The van der Waals surface area contributed by atoms with Crippen LogP contribution in [0.25, 0.3) is 15.8 Å². The highest BCUT2D eigenvalue weighted by Crippen LogP contribution is 2.36. The highest BCUT2D eigenvalue weighted by Gasteiger charge is 2.15. The Morgan fingerprint density at radius 1 is 1.43 bits per heavy atom. The number of unbranched alkanes of at least 4 members (excludes halogenated alkanes) is 1. The van der Waals surface area contributed by atoms with Gasteiger partial charge in [0, 0.05) is 29.7 Å². The number of pyridine rings is 1. The smallest absolute Gasteiger partial charge is 0.148 e. The van der Waals surface area contributed by atoms with Crippen molar-refractivity contribution in [1.29, 1.82) is 0 Å². The van der Waals surface area contributed by atoms with Crippen molar-refractivity contribution in [2.24, 2.45) is 4.99 Å². The average molecular weight is 329 g/mol. The average Bonchev–Trinajstić information content (AvgIpc) is 2.99. The van der Waals surface area contributed by atoms with Gasteiger partial charge in [-0.05, 0) is 31.0 Å². The van der Waals surface area contributed by atoms with Crippen molar-refractivity contribution in [3.05, 3.63) is 22.6 Å². The van der Waals surface area contributed by atoms with E-state index in [1.807, 2.05) is 6.21 Å². The number of rotatable bonds is 5. The molecule has 0 radical (unpaired) electrons. The third-order valence-electron chi connectivity index (χ3n) is 4.01. The minimum atomic E-state index is 0.387. The number of nitrogens with two attached hydrogens (primary N) is 2. The number of aliphatic imine (C=N–C) groups is 1. The van der Waals surface area contributed by atoms with Crippen molar-refractivity contribution in [2.45, 2.75) is 26.2 Å². The molecule has 0 bridgehead atoms. The molecule has 3 rings (SSSR count). The van der Waals surface area contributed by atoms with E-state index < -0.39 is 0 Å². The van der Waals surface area contributed by atoms with Gasteiger partial charge in [0.25, 0.3) is 0 Å². The van der Waals surface area contributed by atoms with E-state index in [-0.39, 0.29) is 0 Å². The fourth-order valence-electron chi connectivity index (χ4n) is 2.65. The maximum atomic E-state index is 6.15. The number of anilines is 2. The first-order chi connectivity index (χ1) is 11.2. The van der Waals surface area contributed by atoms with Crippen LogP contribution in [0.5, 0.6) is 0 Å². The number of aromatic nitrogens is 1. The maximum Gasteiger partial charge on any atom is 0.148 e. The summed E-state index contributed by atoms with van der Waals surface area (Å²) < 4.78 is 1.08. The Hall–Kier alpha value is -1.92. The van der Waals surface area contributed by atoms with Crippen LogP contribution in [0.1, 0.15) is 36.6 Å². The lowest BCUT2D eigenvalue weighted by atomic mass is 10.1. The van der Waals surface area contributed by atoms with Gasteiger partial charge in [0.05, 0.1) is 15.9 Å². The third-order valence-corrected chi connectivity index (χ3v) is 5.24.